The second-order valence-corrected chi connectivity index (χ2v) is 4.85. The number of hydrogen-bond donors (Lipinski definition) is 2. The molecular weight excluding hydrogens is 240 g/mol. The highest BCUT2D eigenvalue weighted by Gasteiger charge is 2.13. The van der Waals surface area contributed by atoms with Crippen molar-refractivity contribution >= 4 is 11.5 Å². The third kappa shape index (κ3) is 2.72. The molecule has 0 amide bonds. The lowest BCUT2D eigenvalue weighted by molar-refractivity contribution is 0.735. The molecule has 2 heterocycles. The summed E-state index contributed by atoms with van der Waals surface area (Å²) in [7, 11) is 3.84. The summed E-state index contributed by atoms with van der Waals surface area (Å²) in [5, 5.41) is 12.1. The van der Waals surface area contributed by atoms with Gasteiger partial charge in [-0.15, -0.1) is 0 Å². The number of anilines is 2. The van der Waals surface area contributed by atoms with Crippen molar-refractivity contribution in [3.63, 3.8) is 0 Å². The van der Waals surface area contributed by atoms with Crippen LogP contribution in [0.15, 0.2) is 6.20 Å². The van der Waals surface area contributed by atoms with Gasteiger partial charge in [0.1, 0.15) is 5.82 Å². The summed E-state index contributed by atoms with van der Waals surface area (Å²) in [6.07, 6.45) is 3.97. The molecule has 19 heavy (non-hydrogen) atoms. The summed E-state index contributed by atoms with van der Waals surface area (Å²) in [4.78, 5) is 0. The minimum Gasteiger partial charge on any atom is -0.394 e. The van der Waals surface area contributed by atoms with E-state index >= 15 is 0 Å². The van der Waals surface area contributed by atoms with Crippen LogP contribution >= 0.6 is 0 Å². The summed E-state index contributed by atoms with van der Waals surface area (Å²) < 4.78 is 3.63. The Morgan fingerprint density at radius 1 is 1.32 bits per heavy atom. The van der Waals surface area contributed by atoms with Crippen LogP contribution in [-0.4, -0.2) is 19.6 Å². The van der Waals surface area contributed by atoms with Crippen molar-refractivity contribution in [3.8, 4) is 0 Å². The lowest BCUT2D eigenvalue weighted by Gasteiger charge is -2.06. The second-order valence-electron chi connectivity index (χ2n) is 4.85. The fourth-order valence-corrected chi connectivity index (χ4v) is 2.23. The predicted octanol–water partition coefficient (Wildman–Crippen LogP) is 1.61. The minimum atomic E-state index is 0.703. The zero-order valence-electron chi connectivity index (χ0n) is 12.1. The zero-order valence-corrected chi connectivity index (χ0v) is 12.1. The maximum absolute atomic E-state index is 6.13. The van der Waals surface area contributed by atoms with Crippen LogP contribution in [-0.2, 0) is 27.1 Å². The highest BCUT2D eigenvalue weighted by molar-refractivity contribution is 5.65. The van der Waals surface area contributed by atoms with Crippen LogP contribution in [0.25, 0.3) is 0 Å². The molecule has 0 unspecified atom stereocenters. The van der Waals surface area contributed by atoms with Crippen molar-refractivity contribution < 1.29 is 0 Å². The smallest absolute Gasteiger partial charge is 0.148 e. The van der Waals surface area contributed by atoms with Gasteiger partial charge in [-0.25, -0.2) is 0 Å². The first-order valence-corrected chi connectivity index (χ1v) is 6.57. The standard InChI is InChI=1S/C13H22N6/c1-5-6-11-12(14)13(19(4)17-11)15-7-10-8-18(3)16-9(10)2/h8,15H,5-7,14H2,1-4H3. The van der Waals surface area contributed by atoms with Gasteiger partial charge in [-0.2, -0.15) is 10.2 Å². The van der Waals surface area contributed by atoms with Gasteiger partial charge < -0.3 is 11.1 Å². The fraction of sp³-hybridized carbons (Fsp3) is 0.538. The normalized spacial score (nSPS) is 10.9. The molecule has 0 aromatic carbocycles. The first-order chi connectivity index (χ1) is 9.02. The molecule has 6 nitrogen and oxygen atoms in total. The van der Waals surface area contributed by atoms with Crippen LogP contribution in [0.4, 0.5) is 11.5 Å². The molecule has 0 saturated carbocycles. The molecule has 2 aromatic rings. The third-order valence-corrected chi connectivity index (χ3v) is 3.21. The van der Waals surface area contributed by atoms with Crippen molar-refractivity contribution in [1.29, 1.82) is 0 Å². The van der Waals surface area contributed by atoms with Crippen LogP contribution in [0.2, 0.25) is 0 Å². The number of rotatable bonds is 5. The highest BCUT2D eigenvalue weighted by atomic mass is 15.3. The molecule has 6 heteroatoms. The molecule has 0 bridgehead atoms. The summed E-state index contributed by atoms with van der Waals surface area (Å²) in [5.41, 5.74) is 10.1. The van der Waals surface area contributed by atoms with E-state index in [-0.39, 0.29) is 0 Å². The van der Waals surface area contributed by atoms with Gasteiger partial charge in [-0.1, -0.05) is 13.3 Å². The van der Waals surface area contributed by atoms with E-state index < -0.39 is 0 Å². The largest absolute Gasteiger partial charge is 0.394 e. The molecule has 0 aliphatic heterocycles. The van der Waals surface area contributed by atoms with E-state index in [2.05, 4.69) is 22.4 Å². The van der Waals surface area contributed by atoms with Crippen LogP contribution < -0.4 is 11.1 Å². The molecule has 0 aliphatic carbocycles. The Kier molecular flexibility index (Phi) is 3.78. The molecule has 0 atom stereocenters. The van der Waals surface area contributed by atoms with E-state index in [1.807, 2.05) is 36.6 Å². The molecule has 0 aliphatic rings. The van der Waals surface area contributed by atoms with Crippen molar-refractivity contribution in [2.45, 2.75) is 33.2 Å². The monoisotopic (exact) mass is 262 g/mol. The van der Waals surface area contributed by atoms with Gasteiger partial charge in [0.25, 0.3) is 0 Å². The van der Waals surface area contributed by atoms with Gasteiger partial charge in [0.2, 0.25) is 0 Å². The van der Waals surface area contributed by atoms with Gasteiger partial charge in [-0.3, -0.25) is 9.36 Å². The Morgan fingerprint density at radius 2 is 2.05 bits per heavy atom. The molecular formula is C13H22N6. The van der Waals surface area contributed by atoms with Gasteiger partial charge in [-0.05, 0) is 13.3 Å². The first-order valence-electron chi connectivity index (χ1n) is 6.57. The summed E-state index contributed by atoms with van der Waals surface area (Å²) in [6, 6.07) is 0. The Hall–Kier alpha value is -1.98. The van der Waals surface area contributed by atoms with E-state index in [4.69, 9.17) is 5.73 Å². The van der Waals surface area contributed by atoms with E-state index in [1.165, 1.54) is 5.56 Å². The van der Waals surface area contributed by atoms with Crippen LogP contribution in [0.3, 0.4) is 0 Å². The Morgan fingerprint density at radius 3 is 2.63 bits per heavy atom. The summed E-state index contributed by atoms with van der Waals surface area (Å²) in [5.74, 6) is 0.881. The third-order valence-electron chi connectivity index (χ3n) is 3.21. The van der Waals surface area contributed by atoms with Crippen LogP contribution in [0, 0.1) is 6.92 Å². The number of aryl methyl sites for hydroxylation is 4. The Balaban J connectivity index is 2.13. The second kappa shape index (κ2) is 5.34. The van der Waals surface area contributed by atoms with Gasteiger partial charge in [0.15, 0.2) is 0 Å². The maximum atomic E-state index is 6.13. The molecule has 104 valence electrons. The SMILES string of the molecule is CCCc1nn(C)c(NCc2cn(C)nc2C)c1N. The molecule has 0 spiro atoms. The number of nitrogen functional groups attached to an aromatic ring is 1. The Bertz CT molecular complexity index is 566. The fourth-order valence-electron chi connectivity index (χ4n) is 2.23. The van der Waals surface area contributed by atoms with Gasteiger partial charge >= 0.3 is 0 Å². The van der Waals surface area contributed by atoms with Crippen molar-refractivity contribution in [2.75, 3.05) is 11.1 Å². The number of nitrogens with one attached hydrogen (secondary N) is 1. The number of aromatic nitrogens is 4. The molecule has 3 N–H and O–H groups in total. The van der Waals surface area contributed by atoms with Gasteiger partial charge in [0.05, 0.1) is 17.1 Å². The molecule has 2 rings (SSSR count). The van der Waals surface area contributed by atoms with E-state index in [9.17, 15) is 0 Å². The topological polar surface area (TPSA) is 73.7 Å². The van der Waals surface area contributed by atoms with Crippen LogP contribution in [0.1, 0.15) is 30.3 Å². The zero-order chi connectivity index (χ0) is 14.0. The first kappa shape index (κ1) is 13.5. The average molecular weight is 262 g/mol. The quantitative estimate of drug-likeness (QED) is 0.858. The Labute approximate surface area is 113 Å². The van der Waals surface area contributed by atoms with E-state index in [0.29, 0.717) is 6.54 Å². The van der Waals surface area contributed by atoms with Crippen molar-refractivity contribution in [1.82, 2.24) is 19.6 Å². The average Bonchev–Trinajstić information content (AvgIpc) is 2.79. The van der Waals surface area contributed by atoms with Crippen molar-refractivity contribution in [2.24, 2.45) is 14.1 Å². The van der Waals surface area contributed by atoms with E-state index in [1.54, 1.807) is 0 Å². The highest BCUT2D eigenvalue weighted by Crippen LogP contribution is 2.23. The number of nitrogens with two attached hydrogens (primary N) is 1. The molecule has 0 fully saturated rings. The summed E-state index contributed by atoms with van der Waals surface area (Å²) in [6.45, 7) is 4.83. The molecule has 2 aromatic heterocycles. The summed E-state index contributed by atoms with van der Waals surface area (Å²) >= 11 is 0. The minimum absolute atomic E-state index is 0.703. The molecule has 0 saturated heterocycles. The van der Waals surface area contributed by atoms with Crippen molar-refractivity contribution in [3.05, 3.63) is 23.1 Å². The number of hydrogen-bond acceptors (Lipinski definition) is 4. The molecule has 0 radical (unpaired) electrons. The van der Waals surface area contributed by atoms with Crippen LogP contribution in [0.5, 0.6) is 0 Å². The number of nitrogens with zero attached hydrogens (tertiary/aromatic N) is 4. The lowest BCUT2D eigenvalue weighted by atomic mass is 10.2. The lowest BCUT2D eigenvalue weighted by Crippen LogP contribution is -2.06. The maximum Gasteiger partial charge on any atom is 0.148 e. The predicted molar refractivity (Wildman–Crippen MR) is 76.9 cm³/mol. The van der Waals surface area contributed by atoms with E-state index in [0.717, 1.165) is 35.7 Å². The van der Waals surface area contributed by atoms with Gasteiger partial charge in [0, 0.05) is 32.4 Å².